The van der Waals surface area contributed by atoms with E-state index in [-0.39, 0.29) is 6.04 Å². The number of nitrogens with one attached hydrogen (secondary N) is 1. The molecule has 5 heteroatoms. The van der Waals surface area contributed by atoms with Crippen LogP contribution in [0.1, 0.15) is 16.7 Å². The minimum atomic E-state index is 0.237. The van der Waals surface area contributed by atoms with Crippen LogP contribution in [0.5, 0.6) is 0 Å². The fraction of sp³-hybridized carbons (Fsp3) is 0.333. The Morgan fingerprint density at radius 2 is 2.57 bits per heavy atom. The fourth-order valence-electron chi connectivity index (χ4n) is 1.30. The second kappa shape index (κ2) is 4.34. The third-order valence-electron chi connectivity index (χ3n) is 2.06. The summed E-state index contributed by atoms with van der Waals surface area (Å²) in [6.45, 7) is 0. The summed E-state index contributed by atoms with van der Waals surface area (Å²) in [5, 5.41) is 7.03. The first-order chi connectivity index (χ1) is 6.90. The number of rotatable bonds is 4. The van der Waals surface area contributed by atoms with Crippen molar-refractivity contribution in [2.45, 2.75) is 12.5 Å². The molecule has 14 heavy (non-hydrogen) atoms. The average Bonchev–Trinajstić information content (AvgIpc) is 2.86. The molecule has 0 bridgehead atoms. The smallest absolute Gasteiger partial charge is 0.105 e. The lowest BCUT2D eigenvalue weighted by atomic mass is 10.1. The number of likely N-dealkylation sites (N-methyl/N-ethyl adjacent to an activating group) is 1. The Bertz CT molecular complexity index is 357. The monoisotopic (exact) mass is 209 g/mol. The summed E-state index contributed by atoms with van der Waals surface area (Å²) in [7, 11) is 1.92. The molecule has 0 radical (unpaired) electrons. The number of nitrogens with zero attached hydrogens (tertiary/aromatic N) is 2. The van der Waals surface area contributed by atoms with Crippen molar-refractivity contribution in [2.24, 2.45) is 0 Å². The summed E-state index contributed by atoms with van der Waals surface area (Å²) in [5.41, 5.74) is 0. The summed E-state index contributed by atoms with van der Waals surface area (Å²) in [4.78, 5) is 1.13. The molecule has 0 aliphatic heterocycles. The zero-order valence-electron chi connectivity index (χ0n) is 7.80. The fourth-order valence-corrected chi connectivity index (χ4v) is 1.91. The van der Waals surface area contributed by atoms with Gasteiger partial charge in [-0.3, -0.25) is 0 Å². The minimum Gasteiger partial charge on any atom is -0.469 e. The first-order valence-electron chi connectivity index (χ1n) is 4.37. The van der Waals surface area contributed by atoms with Crippen LogP contribution in [0.15, 0.2) is 29.0 Å². The Kier molecular flexibility index (Phi) is 2.90. The van der Waals surface area contributed by atoms with E-state index in [4.69, 9.17) is 4.42 Å². The van der Waals surface area contributed by atoms with Crippen LogP contribution in [-0.2, 0) is 6.42 Å². The van der Waals surface area contributed by atoms with E-state index in [0.29, 0.717) is 0 Å². The maximum atomic E-state index is 5.29. The van der Waals surface area contributed by atoms with Gasteiger partial charge in [0.15, 0.2) is 0 Å². The molecular weight excluding hydrogens is 198 g/mol. The van der Waals surface area contributed by atoms with Gasteiger partial charge in [0.05, 0.1) is 23.4 Å². The Labute approximate surface area is 86.1 Å². The number of hydrogen-bond donors (Lipinski definition) is 1. The molecule has 0 spiro atoms. The normalized spacial score (nSPS) is 12.9. The topological polar surface area (TPSA) is 51.0 Å². The molecule has 74 valence electrons. The molecule has 0 saturated heterocycles. The first-order valence-corrected chi connectivity index (χ1v) is 5.14. The molecule has 0 saturated carbocycles. The molecule has 0 aromatic carbocycles. The summed E-state index contributed by atoms with van der Waals surface area (Å²) in [6, 6.07) is 4.10. The van der Waals surface area contributed by atoms with E-state index in [2.05, 4.69) is 14.9 Å². The van der Waals surface area contributed by atoms with Crippen LogP contribution in [0, 0.1) is 0 Å². The molecule has 1 N–H and O–H groups in total. The summed E-state index contributed by atoms with van der Waals surface area (Å²) >= 11 is 1.41. The molecule has 0 aliphatic rings. The maximum absolute atomic E-state index is 5.29. The van der Waals surface area contributed by atoms with Gasteiger partial charge in [-0.1, -0.05) is 4.49 Å². The van der Waals surface area contributed by atoms with E-state index in [9.17, 15) is 0 Å². The average molecular weight is 209 g/mol. The number of furan rings is 1. The van der Waals surface area contributed by atoms with E-state index in [0.717, 1.165) is 17.1 Å². The van der Waals surface area contributed by atoms with Crippen molar-refractivity contribution < 1.29 is 4.42 Å². The van der Waals surface area contributed by atoms with E-state index in [1.54, 1.807) is 12.5 Å². The van der Waals surface area contributed by atoms with Crippen LogP contribution in [0.4, 0.5) is 0 Å². The molecule has 2 aromatic rings. The largest absolute Gasteiger partial charge is 0.469 e. The van der Waals surface area contributed by atoms with E-state index < -0.39 is 0 Å². The van der Waals surface area contributed by atoms with Crippen molar-refractivity contribution in [3.8, 4) is 0 Å². The van der Waals surface area contributed by atoms with Gasteiger partial charge in [0.1, 0.15) is 5.76 Å². The van der Waals surface area contributed by atoms with Gasteiger partial charge in [0.25, 0.3) is 0 Å². The molecular formula is C9H11N3OS. The molecule has 0 amide bonds. The molecule has 2 aromatic heterocycles. The van der Waals surface area contributed by atoms with Crippen LogP contribution in [0.2, 0.25) is 0 Å². The highest BCUT2D eigenvalue weighted by Gasteiger charge is 2.13. The van der Waals surface area contributed by atoms with Crippen LogP contribution in [0.3, 0.4) is 0 Å². The zero-order chi connectivity index (χ0) is 9.80. The number of hydrogen-bond acceptors (Lipinski definition) is 5. The Morgan fingerprint density at radius 1 is 1.64 bits per heavy atom. The lowest BCUT2D eigenvalue weighted by Gasteiger charge is -2.10. The Hall–Kier alpha value is -1.20. The van der Waals surface area contributed by atoms with Gasteiger partial charge >= 0.3 is 0 Å². The second-order valence-corrected chi connectivity index (χ2v) is 3.76. The van der Waals surface area contributed by atoms with Crippen molar-refractivity contribution >= 4 is 11.5 Å². The van der Waals surface area contributed by atoms with Crippen LogP contribution in [0.25, 0.3) is 0 Å². The predicted molar refractivity (Wildman–Crippen MR) is 54.1 cm³/mol. The molecule has 1 atom stereocenters. The molecule has 0 aliphatic carbocycles. The molecule has 2 rings (SSSR count). The van der Waals surface area contributed by atoms with Crippen LogP contribution < -0.4 is 5.32 Å². The van der Waals surface area contributed by atoms with Gasteiger partial charge in [-0.2, -0.15) is 0 Å². The third-order valence-corrected chi connectivity index (χ3v) is 2.83. The van der Waals surface area contributed by atoms with Gasteiger partial charge in [-0.15, -0.1) is 5.10 Å². The van der Waals surface area contributed by atoms with Gasteiger partial charge in [0, 0.05) is 6.42 Å². The van der Waals surface area contributed by atoms with Crippen LogP contribution >= 0.6 is 11.5 Å². The lowest BCUT2D eigenvalue weighted by Crippen LogP contribution is -2.17. The van der Waals surface area contributed by atoms with Crippen molar-refractivity contribution in [3.05, 3.63) is 35.2 Å². The highest BCUT2D eigenvalue weighted by Crippen LogP contribution is 2.19. The van der Waals surface area contributed by atoms with E-state index >= 15 is 0 Å². The molecule has 1 unspecified atom stereocenters. The second-order valence-electron chi connectivity index (χ2n) is 2.94. The van der Waals surface area contributed by atoms with Crippen molar-refractivity contribution in [3.63, 3.8) is 0 Å². The van der Waals surface area contributed by atoms with Crippen molar-refractivity contribution in [2.75, 3.05) is 7.05 Å². The zero-order valence-corrected chi connectivity index (χ0v) is 8.62. The SMILES string of the molecule is CNC(Cc1ccco1)c1cnns1. The highest BCUT2D eigenvalue weighted by molar-refractivity contribution is 7.05. The highest BCUT2D eigenvalue weighted by atomic mass is 32.1. The predicted octanol–water partition coefficient (Wildman–Crippen LogP) is 1.63. The summed E-state index contributed by atoms with van der Waals surface area (Å²) in [5.74, 6) is 0.970. The standard InChI is InChI=1S/C9H11N3OS/c1-10-8(9-6-11-12-14-9)5-7-3-2-4-13-7/h2-4,6,8,10H,5H2,1H3. The van der Waals surface area contributed by atoms with Gasteiger partial charge in [-0.25, -0.2) is 0 Å². The van der Waals surface area contributed by atoms with E-state index in [1.165, 1.54) is 11.5 Å². The van der Waals surface area contributed by atoms with Gasteiger partial charge in [-0.05, 0) is 30.7 Å². The summed E-state index contributed by atoms with van der Waals surface area (Å²) < 4.78 is 9.13. The molecule has 4 nitrogen and oxygen atoms in total. The Morgan fingerprint density at radius 3 is 3.14 bits per heavy atom. The minimum absolute atomic E-state index is 0.237. The Balaban J connectivity index is 2.08. The first kappa shape index (κ1) is 9.36. The molecule has 0 fully saturated rings. The maximum Gasteiger partial charge on any atom is 0.105 e. The van der Waals surface area contributed by atoms with Crippen LogP contribution in [-0.4, -0.2) is 16.6 Å². The van der Waals surface area contributed by atoms with Gasteiger partial charge in [0.2, 0.25) is 0 Å². The lowest BCUT2D eigenvalue weighted by molar-refractivity contribution is 0.468. The molecule has 2 heterocycles. The van der Waals surface area contributed by atoms with Gasteiger partial charge < -0.3 is 9.73 Å². The van der Waals surface area contributed by atoms with Crippen molar-refractivity contribution in [1.29, 1.82) is 0 Å². The number of aromatic nitrogens is 2. The third kappa shape index (κ3) is 2.00. The summed E-state index contributed by atoms with van der Waals surface area (Å²) in [6.07, 6.45) is 4.30. The quantitative estimate of drug-likeness (QED) is 0.831. The van der Waals surface area contributed by atoms with E-state index in [1.807, 2.05) is 19.2 Å². The van der Waals surface area contributed by atoms with Crippen molar-refractivity contribution in [1.82, 2.24) is 14.9 Å².